The van der Waals surface area contributed by atoms with Crippen molar-refractivity contribution in [3.8, 4) is 11.5 Å². The molecule has 2 aromatic rings. The molecule has 2 aromatic carbocycles. The molecule has 20 heavy (non-hydrogen) atoms. The molecule has 0 atom stereocenters. The fourth-order valence-electron chi connectivity index (χ4n) is 1.78. The molecule has 104 valence electrons. The van der Waals surface area contributed by atoms with E-state index in [2.05, 4.69) is 0 Å². The van der Waals surface area contributed by atoms with Crippen molar-refractivity contribution >= 4 is 29.2 Å². The van der Waals surface area contributed by atoms with E-state index in [-0.39, 0.29) is 16.3 Å². The van der Waals surface area contributed by atoms with Crippen LogP contribution >= 0.6 is 23.2 Å². The first-order chi connectivity index (χ1) is 9.52. The first-order valence-corrected chi connectivity index (χ1v) is 6.76. The van der Waals surface area contributed by atoms with Crippen LogP contribution in [0.3, 0.4) is 0 Å². The van der Waals surface area contributed by atoms with E-state index in [1.807, 2.05) is 6.92 Å². The van der Waals surface area contributed by atoms with Crippen LogP contribution in [0.4, 0.5) is 0 Å². The van der Waals surface area contributed by atoms with Crippen molar-refractivity contribution in [3.63, 3.8) is 0 Å². The number of carboxylic acid groups (broad SMARTS) is 1. The summed E-state index contributed by atoms with van der Waals surface area (Å²) in [6.45, 7) is 1.98. The third-order valence-electron chi connectivity index (χ3n) is 2.82. The second-order valence-corrected chi connectivity index (χ2v) is 4.94. The fraction of sp³-hybridized carbons (Fsp3) is 0.133. The van der Waals surface area contributed by atoms with E-state index >= 15 is 0 Å². The van der Waals surface area contributed by atoms with Crippen LogP contribution < -0.4 is 4.74 Å². The fourth-order valence-corrected chi connectivity index (χ4v) is 2.25. The number of halogens is 2. The number of aryl methyl sites for hydroxylation is 1. The lowest BCUT2D eigenvalue weighted by molar-refractivity contribution is 0.0694. The Bertz CT molecular complexity index is 654. The summed E-state index contributed by atoms with van der Waals surface area (Å²) in [5.74, 6) is -0.458. The number of para-hydroxylation sites is 1. The van der Waals surface area contributed by atoms with E-state index in [0.29, 0.717) is 10.8 Å². The summed E-state index contributed by atoms with van der Waals surface area (Å²) in [7, 11) is 0. The molecule has 0 bridgehead atoms. The summed E-state index contributed by atoms with van der Waals surface area (Å²) in [6, 6.07) is 9.76. The van der Waals surface area contributed by atoms with Gasteiger partial charge in [-0.3, -0.25) is 0 Å². The predicted octanol–water partition coefficient (Wildman–Crippen LogP) is 5.05. The summed E-state index contributed by atoms with van der Waals surface area (Å²) in [5.41, 5.74) is 0.943. The highest BCUT2D eigenvalue weighted by molar-refractivity contribution is 6.32. The summed E-state index contributed by atoms with van der Waals surface area (Å²) in [5, 5.41) is 10.1. The van der Waals surface area contributed by atoms with Gasteiger partial charge in [0.1, 0.15) is 11.3 Å². The molecule has 0 unspecified atom stereocenters. The Balaban J connectivity index is 2.42. The van der Waals surface area contributed by atoms with Crippen LogP contribution in [-0.2, 0) is 6.42 Å². The smallest absolute Gasteiger partial charge is 0.339 e. The standard InChI is InChI=1S/C15H12Cl2O3/c1-2-9-8-10(6-7-12(9)16)20-14-11(15(18)19)4-3-5-13(14)17/h3-8H,2H2,1H3,(H,18,19). The maximum absolute atomic E-state index is 11.2. The van der Waals surface area contributed by atoms with E-state index in [1.165, 1.54) is 6.07 Å². The van der Waals surface area contributed by atoms with Crippen LogP contribution in [0.25, 0.3) is 0 Å². The van der Waals surface area contributed by atoms with Crippen molar-refractivity contribution in [2.75, 3.05) is 0 Å². The van der Waals surface area contributed by atoms with Crippen LogP contribution in [0.1, 0.15) is 22.8 Å². The van der Waals surface area contributed by atoms with Crippen molar-refractivity contribution in [2.24, 2.45) is 0 Å². The predicted molar refractivity (Wildman–Crippen MR) is 79.3 cm³/mol. The number of carboxylic acids is 1. The van der Waals surface area contributed by atoms with Crippen molar-refractivity contribution in [2.45, 2.75) is 13.3 Å². The number of aromatic carboxylic acids is 1. The minimum Gasteiger partial charge on any atom is -0.478 e. The zero-order chi connectivity index (χ0) is 14.7. The van der Waals surface area contributed by atoms with E-state index in [0.717, 1.165) is 12.0 Å². The van der Waals surface area contributed by atoms with Gasteiger partial charge < -0.3 is 9.84 Å². The number of ether oxygens (including phenoxy) is 1. The van der Waals surface area contributed by atoms with E-state index in [1.54, 1.807) is 30.3 Å². The topological polar surface area (TPSA) is 46.5 Å². The molecule has 3 nitrogen and oxygen atoms in total. The molecule has 0 heterocycles. The molecule has 0 fully saturated rings. The van der Waals surface area contributed by atoms with Gasteiger partial charge >= 0.3 is 5.97 Å². The van der Waals surface area contributed by atoms with Gasteiger partial charge in [-0.15, -0.1) is 0 Å². The van der Waals surface area contributed by atoms with Gasteiger partial charge in [-0.1, -0.05) is 36.2 Å². The Morgan fingerprint density at radius 2 is 1.95 bits per heavy atom. The average molecular weight is 311 g/mol. The molecule has 0 saturated heterocycles. The lowest BCUT2D eigenvalue weighted by Crippen LogP contribution is -2.00. The number of benzene rings is 2. The maximum atomic E-state index is 11.2. The normalized spacial score (nSPS) is 10.3. The van der Waals surface area contributed by atoms with Gasteiger partial charge in [0.05, 0.1) is 5.02 Å². The molecular weight excluding hydrogens is 299 g/mol. The SMILES string of the molecule is CCc1cc(Oc2c(Cl)cccc2C(=O)O)ccc1Cl. The molecule has 5 heteroatoms. The second-order valence-electron chi connectivity index (χ2n) is 4.13. The highest BCUT2D eigenvalue weighted by atomic mass is 35.5. The molecule has 2 rings (SSSR count). The van der Waals surface area contributed by atoms with Crippen LogP contribution in [0.5, 0.6) is 11.5 Å². The third kappa shape index (κ3) is 3.06. The van der Waals surface area contributed by atoms with Crippen molar-refractivity contribution in [1.82, 2.24) is 0 Å². The molecule has 1 N–H and O–H groups in total. The molecule has 0 radical (unpaired) electrons. The van der Waals surface area contributed by atoms with Gasteiger partial charge in [-0.25, -0.2) is 4.79 Å². The molecule has 0 aliphatic carbocycles. The van der Waals surface area contributed by atoms with Crippen molar-refractivity contribution in [3.05, 3.63) is 57.6 Å². The monoisotopic (exact) mass is 310 g/mol. The summed E-state index contributed by atoms with van der Waals surface area (Å²) < 4.78 is 5.63. The van der Waals surface area contributed by atoms with Gasteiger partial charge in [0.25, 0.3) is 0 Å². The molecule has 0 spiro atoms. The minimum atomic E-state index is -1.09. The lowest BCUT2D eigenvalue weighted by atomic mass is 10.1. The molecule has 0 aliphatic heterocycles. The first kappa shape index (κ1) is 14.7. The largest absolute Gasteiger partial charge is 0.478 e. The van der Waals surface area contributed by atoms with Gasteiger partial charge in [-0.2, -0.15) is 0 Å². The molecule has 0 aliphatic rings. The Hall–Kier alpha value is -1.71. The quantitative estimate of drug-likeness (QED) is 0.859. The first-order valence-electron chi connectivity index (χ1n) is 6.01. The molecule has 0 saturated carbocycles. The zero-order valence-electron chi connectivity index (χ0n) is 10.7. The van der Waals surface area contributed by atoms with Crippen LogP contribution in [0.2, 0.25) is 10.0 Å². The van der Waals surface area contributed by atoms with Crippen LogP contribution in [-0.4, -0.2) is 11.1 Å². The Kier molecular flexibility index (Phi) is 4.53. The Morgan fingerprint density at radius 3 is 2.60 bits per heavy atom. The van der Waals surface area contributed by atoms with Crippen molar-refractivity contribution < 1.29 is 14.6 Å². The summed E-state index contributed by atoms with van der Waals surface area (Å²) >= 11 is 12.1. The van der Waals surface area contributed by atoms with Gasteiger partial charge in [0.2, 0.25) is 0 Å². The summed E-state index contributed by atoms with van der Waals surface area (Å²) in [6.07, 6.45) is 0.754. The number of hydrogen-bond donors (Lipinski definition) is 1. The Labute approximate surface area is 126 Å². The van der Waals surface area contributed by atoms with Crippen molar-refractivity contribution in [1.29, 1.82) is 0 Å². The Morgan fingerprint density at radius 1 is 1.20 bits per heavy atom. The molecular formula is C15H12Cl2O3. The van der Waals surface area contributed by atoms with Crippen LogP contribution in [0.15, 0.2) is 36.4 Å². The van der Waals surface area contributed by atoms with E-state index in [4.69, 9.17) is 33.0 Å². The lowest BCUT2D eigenvalue weighted by Gasteiger charge is -2.12. The number of rotatable bonds is 4. The van der Waals surface area contributed by atoms with Gasteiger partial charge in [0.15, 0.2) is 5.75 Å². The van der Waals surface area contributed by atoms with Crippen LogP contribution in [0, 0.1) is 0 Å². The number of hydrogen-bond acceptors (Lipinski definition) is 2. The maximum Gasteiger partial charge on any atom is 0.339 e. The zero-order valence-corrected chi connectivity index (χ0v) is 12.2. The third-order valence-corrected chi connectivity index (χ3v) is 3.48. The highest BCUT2D eigenvalue weighted by Crippen LogP contribution is 2.34. The molecule has 0 aromatic heterocycles. The number of carbonyl (C=O) groups is 1. The summed E-state index contributed by atoms with van der Waals surface area (Å²) in [4.78, 5) is 11.2. The van der Waals surface area contributed by atoms with Gasteiger partial charge in [-0.05, 0) is 42.3 Å². The second kappa shape index (κ2) is 6.16. The highest BCUT2D eigenvalue weighted by Gasteiger charge is 2.15. The van der Waals surface area contributed by atoms with Gasteiger partial charge in [0, 0.05) is 5.02 Å². The average Bonchev–Trinajstić information content (AvgIpc) is 2.42. The van der Waals surface area contributed by atoms with E-state index in [9.17, 15) is 4.79 Å². The molecule has 0 amide bonds. The minimum absolute atomic E-state index is 0.0190. The van der Waals surface area contributed by atoms with E-state index < -0.39 is 5.97 Å².